The molecule has 0 unspecified atom stereocenters. The molecule has 0 fully saturated rings. The lowest BCUT2D eigenvalue weighted by atomic mass is 10.2. The number of halogens is 1. The van der Waals surface area contributed by atoms with Crippen LogP contribution in [-0.2, 0) is 7.05 Å². The van der Waals surface area contributed by atoms with Gasteiger partial charge >= 0.3 is 0 Å². The number of amidine groups is 1. The Morgan fingerprint density at radius 1 is 1.47 bits per heavy atom. The van der Waals surface area contributed by atoms with Gasteiger partial charge in [-0.2, -0.15) is 5.10 Å². The van der Waals surface area contributed by atoms with Gasteiger partial charge in [0.15, 0.2) is 5.84 Å². The molecule has 0 radical (unpaired) electrons. The first-order valence-electron chi connectivity index (χ1n) is 5.47. The van der Waals surface area contributed by atoms with Crippen molar-refractivity contribution in [1.82, 2.24) is 9.78 Å². The number of aryl methyl sites for hydroxylation is 2. The minimum absolute atomic E-state index is 0.0728. The van der Waals surface area contributed by atoms with Crippen LogP contribution in [0.25, 0.3) is 0 Å². The lowest BCUT2D eigenvalue weighted by Crippen LogP contribution is -2.14. The summed E-state index contributed by atoms with van der Waals surface area (Å²) in [5.74, 6) is 0.908. The van der Waals surface area contributed by atoms with Crippen molar-refractivity contribution in [3.05, 3.63) is 40.5 Å². The molecule has 0 aliphatic heterocycles. The topological polar surface area (TPSA) is 85.7 Å². The van der Waals surface area contributed by atoms with E-state index in [1.54, 1.807) is 36.0 Å². The van der Waals surface area contributed by atoms with Gasteiger partial charge in [0.05, 0.1) is 11.3 Å². The smallest absolute Gasteiger partial charge is 0.217 e. The first-order chi connectivity index (χ1) is 9.01. The van der Waals surface area contributed by atoms with Crippen LogP contribution in [0.1, 0.15) is 11.3 Å². The number of rotatable bonds is 3. The molecule has 0 spiro atoms. The fourth-order valence-corrected chi connectivity index (χ4v) is 1.81. The second kappa shape index (κ2) is 5.19. The predicted octanol–water partition coefficient (Wildman–Crippen LogP) is 2.27. The first-order valence-corrected chi connectivity index (χ1v) is 5.85. The average Bonchev–Trinajstić information content (AvgIpc) is 2.69. The molecule has 0 aliphatic rings. The van der Waals surface area contributed by atoms with Crippen LogP contribution in [0, 0.1) is 6.92 Å². The molecule has 19 heavy (non-hydrogen) atoms. The zero-order valence-electron chi connectivity index (χ0n) is 10.5. The molecule has 3 N–H and O–H groups in total. The van der Waals surface area contributed by atoms with Crippen molar-refractivity contribution in [2.75, 3.05) is 0 Å². The van der Waals surface area contributed by atoms with Crippen molar-refractivity contribution in [2.24, 2.45) is 17.9 Å². The van der Waals surface area contributed by atoms with Crippen LogP contribution in [-0.4, -0.2) is 20.8 Å². The van der Waals surface area contributed by atoms with Gasteiger partial charge in [0.1, 0.15) is 5.75 Å². The molecule has 2 rings (SSSR count). The molecule has 0 bridgehead atoms. The molecule has 0 saturated carbocycles. The van der Waals surface area contributed by atoms with Crippen LogP contribution in [0.2, 0.25) is 5.02 Å². The molecule has 1 aromatic carbocycles. The van der Waals surface area contributed by atoms with Gasteiger partial charge in [-0.15, -0.1) is 0 Å². The number of hydrogen-bond acceptors (Lipinski definition) is 4. The normalized spacial score (nSPS) is 11.6. The van der Waals surface area contributed by atoms with Crippen LogP contribution in [0.5, 0.6) is 11.6 Å². The molecule has 1 aromatic heterocycles. The maximum atomic E-state index is 8.78. The van der Waals surface area contributed by atoms with Gasteiger partial charge in [-0.05, 0) is 25.1 Å². The van der Waals surface area contributed by atoms with Crippen molar-refractivity contribution in [3.8, 4) is 11.6 Å². The second-order valence-corrected chi connectivity index (χ2v) is 4.41. The standard InChI is InChI=1S/C12H13ClN4O2/c1-7-5-11(17(2)15-7)19-10-4-3-8(13)6-9(10)12(14)16-18/h3-6,18H,1-2H3,(H2,14,16). The van der Waals surface area contributed by atoms with Crippen molar-refractivity contribution >= 4 is 17.4 Å². The Hall–Kier alpha value is -2.21. The lowest BCUT2D eigenvalue weighted by molar-refractivity contribution is 0.318. The summed E-state index contributed by atoms with van der Waals surface area (Å²) >= 11 is 5.89. The summed E-state index contributed by atoms with van der Waals surface area (Å²) in [6.07, 6.45) is 0. The number of benzene rings is 1. The second-order valence-electron chi connectivity index (χ2n) is 3.98. The third kappa shape index (κ3) is 2.79. The summed E-state index contributed by atoms with van der Waals surface area (Å²) in [6.45, 7) is 1.86. The van der Waals surface area contributed by atoms with Gasteiger partial charge in [0.2, 0.25) is 5.88 Å². The van der Waals surface area contributed by atoms with E-state index in [4.69, 9.17) is 27.3 Å². The highest BCUT2D eigenvalue weighted by Crippen LogP contribution is 2.28. The van der Waals surface area contributed by atoms with E-state index in [9.17, 15) is 0 Å². The maximum absolute atomic E-state index is 8.78. The third-order valence-corrected chi connectivity index (χ3v) is 2.73. The van der Waals surface area contributed by atoms with Crippen LogP contribution >= 0.6 is 11.6 Å². The van der Waals surface area contributed by atoms with E-state index in [0.717, 1.165) is 5.69 Å². The average molecular weight is 281 g/mol. The summed E-state index contributed by atoms with van der Waals surface area (Å²) in [7, 11) is 1.77. The predicted molar refractivity (Wildman–Crippen MR) is 72.0 cm³/mol. The summed E-state index contributed by atoms with van der Waals surface area (Å²) in [4.78, 5) is 0. The van der Waals surface area contributed by atoms with Gasteiger partial charge in [-0.25, -0.2) is 4.68 Å². The number of aromatic nitrogens is 2. The SMILES string of the molecule is Cc1cc(Oc2ccc(Cl)cc2/C(N)=N/O)n(C)n1. The Kier molecular flexibility index (Phi) is 3.62. The highest BCUT2D eigenvalue weighted by molar-refractivity contribution is 6.31. The van der Waals surface area contributed by atoms with Gasteiger partial charge < -0.3 is 15.7 Å². The number of nitrogens with zero attached hydrogens (tertiary/aromatic N) is 3. The molecule has 100 valence electrons. The van der Waals surface area contributed by atoms with Crippen molar-refractivity contribution in [2.45, 2.75) is 6.92 Å². The van der Waals surface area contributed by atoms with E-state index in [0.29, 0.717) is 22.2 Å². The third-order valence-electron chi connectivity index (χ3n) is 2.50. The van der Waals surface area contributed by atoms with E-state index in [-0.39, 0.29) is 5.84 Å². The van der Waals surface area contributed by atoms with E-state index in [1.165, 1.54) is 0 Å². The number of oxime groups is 1. The Morgan fingerprint density at radius 2 is 2.21 bits per heavy atom. The van der Waals surface area contributed by atoms with E-state index >= 15 is 0 Å². The molecular formula is C12H13ClN4O2. The molecule has 1 heterocycles. The molecule has 6 nitrogen and oxygen atoms in total. The summed E-state index contributed by atoms with van der Waals surface area (Å²) < 4.78 is 7.31. The zero-order chi connectivity index (χ0) is 14.0. The molecule has 7 heteroatoms. The largest absolute Gasteiger partial charge is 0.439 e. The van der Waals surface area contributed by atoms with Crippen molar-refractivity contribution in [3.63, 3.8) is 0 Å². The Balaban J connectivity index is 2.42. The Morgan fingerprint density at radius 3 is 2.79 bits per heavy atom. The quantitative estimate of drug-likeness (QED) is 0.391. The Labute approximate surface area is 115 Å². The number of ether oxygens (including phenoxy) is 1. The first kappa shape index (κ1) is 13.2. The summed E-state index contributed by atoms with van der Waals surface area (Å²) in [5, 5.41) is 16.4. The van der Waals surface area contributed by atoms with Gasteiger partial charge in [-0.1, -0.05) is 16.8 Å². The lowest BCUT2D eigenvalue weighted by Gasteiger charge is -2.10. The minimum atomic E-state index is -0.0728. The van der Waals surface area contributed by atoms with Crippen molar-refractivity contribution in [1.29, 1.82) is 0 Å². The fraction of sp³-hybridized carbons (Fsp3) is 0.167. The molecule has 0 atom stereocenters. The molecule has 0 amide bonds. The van der Waals surface area contributed by atoms with Gasteiger partial charge in [0, 0.05) is 18.1 Å². The van der Waals surface area contributed by atoms with E-state index in [1.807, 2.05) is 6.92 Å². The monoisotopic (exact) mass is 280 g/mol. The fourth-order valence-electron chi connectivity index (χ4n) is 1.64. The summed E-state index contributed by atoms with van der Waals surface area (Å²) in [5.41, 5.74) is 6.84. The van der Waals surface area contributed by atoms with E-state index in [2.05, 4.69) is 10.3 Å². The van der Waals surface area contributed by atoms with Crippen LogP contribution < -0.4 is 10.5 Å². The minimum Gasteiger partial charge on any atom is -0.439 e. The van der Waals surface area contributed by atoms with Crippen LogP contribution in [0.3, 0.4) is 0 Å². The van der Waals surface area contributed by atoms with Crippen LogP contribution in [0.15, 0.2) is 29.4 Å². The highest BCUT2D eigenvalue weighted by Gasteiger charge is 2.12. The van der Waals surface area contributed by atoms with Gasteiger partial charge in [-0.3, -0.25) is 0 Å². The Bertz CT molecular complexity index is 637. The zero-order valence-corrected chi connectivity index (χ0v) is 11.2. The molecule has 0 saturated heterocycles. The van der Waals surface area contributed by atoms with Gasteiger partial charge in [0.25, 0.3) is 0 Å². The van der Waals surface area contributed by atoms with Crippen LogP contribution in [0.4, 0.5) is 0 Å². The highest BCUT2D eigenvalue weighted by atomic mass is 35.5. The molecule has 0 aliphatic carbocycles. The van der Waals surface area contributed by atoms with Crippen molar-refractivity contribution < 1.29 is 9.94 Å². The number of nitrogens with two attached hydrogens (primary N) is 1. The maximum Gasteiger partial charge on any atom is 0.217 e. The van der Waals surface area contributed by atoms with E-state index < -0.39 is 0 Å². The summed E-state index contributed by atoms with van der Waals surface area (Å²) in [6, 6.07) is 6.66. The molecule has 2 aromatic rings. The number of hydrogen-bond donors (Lipinski definition) is 2. The molecular weight excluding hydrogens is 268 g/mol.